The molecule has 0 aromatic heterocycles. The first-order valence-corrected chi connectivity index (χ1v) is 13.1. The van der Waals surface area contributed by atoms with Gasteiger partial charge in [0.05, 0.1) is 11.4 Å². The zero-order chi connectivity index (χ0) is 24.5. The summed E-state index contributed by atoms with van der Waals surface area (Å²) in [6, 6.07) is 24.6. The molecule has 176 valence electrons. The van der Waals surface area contributed by atoms with E-state index < -0.39 is 0 Å². The van der Waals surface area contributed by atoms with Gasteiger partial charge in [-0.25, -0.2) is 0 Å². The van der Waals surface area contributed by atoms with Gasteiger partial charge in [-0.3, -0.25) is 0 Å². The van der Waals surface area contributed by atoms with Crippen molar-refractivity contribution < 1.29 is 0 Å². The number of anilines is 2. The first-order valence-electron chi connectivity index (χ1n) is 13.1. The zero-order valence-electron chi connectivity index (χ0n) is 20.6. The van der Waals surface area contributed by atoms with Gasteiger partial charge in [0.25, 0.3) is 0 Å². The SMILES string of the molecule is C=C1/C=C\C=C/N(c2c3c(cc4c2-c2cccc5cccc-4c25)C=CCC3)C2=C1CNc1ccccc12. The Bertz CT molecular complexity index is 1790. The van der Waals surface area contributed by atoms with Crippen LogP contribution < -0.4 is 10.2 Å². The molecule has 0 bridgehead atoms. The van der Waals surface area contributed by atoms with Crippen molar-refractivity contribution >= 4 is 33.9 Å². The van der Waals surface area contributed by atoms with Crippen LogP contribution in [-0.2, 0) is 6.42 Å². The van der Waals surface area contributed by atoms with E-state index in [-0.39, 0.29) is 0 Å². The molecule has 0 atom stereocenters. The number of allylic oxidation sites excluding steroid dienone is 4. The van der Waals surface area contributed by atoms with Crippen LogP contribution in [0.4, 0.5) is 11.4 Å². The fourth-order valence-corrected chi connectivity index (χ4v) is 6.59. The Labute approximate surface area is 217 Å². The summed E-state index contributed by atoms with van der Waals surface area (Å²) in [5.74, 6) is 0. The fraction of sp³-hybridized carbons (Fsp3) is 0.0857. The molecule has 4 aromatic rings. The molecule has 0 saturated carbocycles. The summed E-state index contributed by atoms with van der Waals surface area (Å²) in [6.45, 7) is 5.23. The Morgan fingerprint density at radius 1 is 0.811 bits per heavy atom. The Kier molecular flexibility index (Phi) is 4.30. The Morgan fingerprint density at radius 3 is 2.57 bits per heavy atom. The van der Waals surface area contributed by atoms with E-state index >= 15 is 0 Å². The maximum atomic E-state index is 4.47. The van der Waals surface area contributed by atoms with Crippen LogP contribution in [0.3, 0.4) is 0 Å². The van der Waals surface area contributed by atoms with Gasteiger partial charge in [0.1, 0.15) is 0 Å². The molecule has 0 fully saturated rings. The maximum Gasteiger partial charge on any atom is 0.0604 e. The molecule has 2 heteroatoms. The third-order valence-electron chi connectivity index (χ3n) is 8.20. The van der Waals surface area contributed by atoms with E-state index in [0.717, 1.165) is 25.0 Å². The van der Waals surface area contributed by atoms with Crippen molar-refractivity contribution in [3.05, 3.63) is 132 Å². The molecule has 4 aliphatic rings. The van der Waals surface area contributed by atoms with Gasteiger partial charge in [-0.15, -0.1) is 0 Å². The average molecular weight is 475 g/mol. The Morgan fingerprint density at radius 2 is 1.65 bits per heavy atom. The summed E-state index contributed by atoms with van der Waals surface area (Å²) in [5, 5.41) is 6.31. The van der Waals surface area contributed by atoms with E-state index in [2.05, 4.69) is 120 Å². The average Bonchev–Trinajstić information content (AvgIpc) is 3.26. The molecule has 2 nitrogen and oxygen atoms in total. The van der Waals surface area contributed by atoms with Crippen LogP contribution in [0.1, 0.15) is 23.1 Å². The van der Waals surface area contributed by atoms with Gasteiger partial charge >= 0.3 is 0 Å². The van der Waals surface area contributed by atoms with E-state index in [9.17, 15) is 0 Å². The van der Waals surface area contributed by atoms with Crippen molar-refractivity contribution in [2.45, 2.75) is 12.8 Å². The number of nitrogens with zero attached hydrogens (tertiary/aromatic N) is 1. The third kappa shape index (κ3) is 2.87. The molecule has 0 saturated heterocycles. The third-order valence-corrected chi connectivity index (χ3v) is 8.20. The second kappa shape index (κ2) is 7.72. The van der Waals surface area contributed by atoms with Gasteiger partial charge in [-0.05, 0) is 75.2 Å². The van der Waals surface area contributed by atoms with Crippen molar-refractivity contribution in [1.82, 2.24) is 0 Å². The lowest BCUT2D eigenvalue weighted by molar-refractivity contribution is 0.979. The zero-order valence-corrected chi connectivity index (χ0v) is 20.6. The topological polar surface area (TPSA) is 15.3 Å². The highest BCUT2D eigenvalue weighted by Gasteiger charge is 2.33. The van der Waals surface area contributed by atoms with Gasteiger partial charge < -0.3 is 10.2 Å². The van der Waals surface area contributed by atoms with Crippen LogP contribution in [-0.4, -0.2) is 6.54 Å². The molecule has 1 N–H and O–H groups in total. The van der Waals surface area contributed by atoms with Gasteiger partial charge in [-0.2, -0.15) is 0 Å². The molecular weight excluding hydrogens is 448 g/mol. The van der Waals surface area contributed by atoms with Gasteiger partial charge in [0.15, 0.2) is 0 Å². The summed E-state index contributed by atoms with van der Waals surface area (Å²) in [6.07, 6.45) is 15.4. The minimum atomic E-state index is 0.757. The Balaban J connectivity index is 1.51. The highest BCUT2D eigenvalue weighted by molar-refractivity contribution is 6.19. The predicted octanol–water partition coefficient (Wildman–Crippen LogP) is 8.73. The fourth-order valence-electron chi connectivity index (χ4n) is 6.59. The number of nitrogens with one attached hydrogen (secondary N) is 1. The van der Waals surface area contributed by atoms with Crippen molar-refractivity contribution in [2.24, 2.45) is 0 Å². The van der Waals surface area contributed by atoms with Crippen LogP contribution in [0.5, 0.6) is 0 Å². The first kappa shape index (κ1) is 20.6. The van der Waals surface area contributed by atoms with Crippen LogP contribution in [0.25, 0.3) is 44.8 Å². The smallest absolute Gasteiger partial charge is 0.0604 e. The molecular formula is C35H26N2. The quantitative estimate of drug-likeness (QED) is 0.261. The number of benzene rings is 4. The lowest BCUT2D eigenvalue weighted by Gasteiger charge is -2.36. The van der Waals surface area contributed by atoms with Gasteiger partial charge in [0, 0.05) is 35.1 Å². The molecule has 0 unspecified atom stereocenters. The minimum Gasteiger partial charge on any atom is -0.380 e. The standard InChI is InChI=1S/C35H26N2/c1-22-10-6-7-19-37(34-27-15-4-5-18-31(27)36-21-30(22)34)35-25-14-3-2-11-24(25)20-29-26-16-8-12-23-13-9-17-28(32(23)26)33(29)35/h2,4-13,15-20,36H,1,3,14,21H2/b10-6-,19-7-. The second-order valence-corrected chi connectivity index (χ2v) is 10.2. The normalized spacial score (nSPS) is 18.4. The molecule has 37 heavy (non-hydrogen) atoms. The lowest BCUT2D eigenvalue weighted by atomic mass is 9.86. The minimum absolute atomic E-state index is 0.757. The van der Waals surface area contributed by atoms with Crippen LogP contribution >= 0.6 is 0 Å². The van der Waals surface area contributed by atoms with Crippen LogP contribution in [0.2, 0.25) is 0 Å². The highest BCUT2D eigenvalue weighted by atomic mass is 15.1. The molecule has 0 spiro atoms. The molecule has 0 amide bonds. The molecule has 4 aromatic carbocycles. The first-order chi connectivity index (χ1) is 18.3. The Hall–Kier alpha value is -4.56. The molecule has 0 radical (unpaired) electrons. The molecule has 8 rings (SSSR count). The summed E-state index contributed by atoms with van der Waals surface area (Å²) < 4.78 is 0. The largest absolute Gasteiger partial charge is 0.380 e. The van der Waals surface area contributed by atoms with Crippen LogP contribution in [0.15, 0.2) is 115 Å². The number of fused-ring (bicyclic) bond motifs is 6. The van der Waals surface area contributed by atoms with Crippen molar-refractivity contribution in [1.29, 1.82) is 0 Å². The molecule has 2 aliphatic heterocycles. The summed E-state index contributed by atoms with van der Waals surface area (Å²) in [4.78, 5) is 2.48. The number of hydrogen-bond donors (Lipinski definition) is 1. The summed E-state index contributed by atoms with van der Waals surface area (Å²) in [7, 11) is 0. The van der Waals surface area contributed by atoms with Crippen molar-refractivity contribution in [3.8, 4) is 22.3 Å². The van der Waals surface area contributed by atoms with E-state index in [4.69, 9.17) is 0 Å². The number of para-hydroxylation sites is 1. The van der Waals surface area contributed by atoms with E-state index in [1.165, 1.54) is 72.4 Å². The number of hydrogen-bond acceptors (Lipinski definition) is 2. The predicted molar refractivity (Wildman–Crippen MR) is 157 cm³/mol. The monoisotopic (exact) mass is 474 g/mol. The van der Waals surface area contributed by atoms with Gasteiger partial charge in [0.2, 0.25) is 0 Å². The summed E-state index contributed by atoms with van der Waals surface area (Å²) >= 11 is 0. The highest BCUT2D eigenvalue weighted by Crippen LogP contribution is 2.55. The van der Waals surface area contributed by atoms with Crippen molar-refractivity contribution in [3.63, 3.8) is 0 Å². The van der Waals surface area contributed by atoms with E-state index in [1.807, 2.05) is 0 Å². The van der Waals surface area contributed by atoms with Crippen molar-refractivity contribution in [2.75, 3.05) is 16.8 Å². The van der Waals surface area contributed by atoms with E-state index in [1.54, 1.807) is 0 Å². The second-order valence-electron chi connectivity index (χ2n) is 10.2. The lowest BCUT2D eigenvalue weighted by Crippen LogP contribution is -2.26. The number of rotatable bonds is 1. The summed E-state index contributed by atoms with van der Waals surface area (Å²) in [5.41, 5.74) is 15.3. The molecule has 2 heterocycles. The van der Waals surface area contributed by atoms with Gasteiger partial charge in [-0.1, -0.05) is 85.5 Å². The van der Waals surface area contributed by atoms with E-state index in [0.29, 0.717) is 0 Å². The van der Waals surface area contributed by atoms with Crippen LogP contribution in [0, 0.1) is 0 Å². The molecule has 2 aliphatic carbocycles. The maximum absolute atomic E-state index is 4.47.